The molecule has 0 fully saturated rings. The van der Waals surface area contributed by atoms with E-state index in [0.717, 1.165) is 13.0 Å². The summed E-state index contributed by atoms with van der Waals surface area (Å²) >= 11 is 0. The molecule has 2 unspecified atom stereocenters. The molecule has 2 N–H and O–H groups in total. The van der Waals surface area contributed by atoms with Crippen LogP contribution in [0.1, 0.15) is 53.4 Å². The second-order valence-corrected chi connectivity index (χ2v) is 4.83. The van der Waals surface area contributed by atoms with E-state index in [1.807, 2.05) is 0 Å². The Morgan fingerprint density at radius 2 is 1.80 bits per heavy atom. The fraction of sp³-hybridized carbons (Fsp3) is 1.00. The molecule has 0 aromatic rings. The average molecular weight is 215 g/mol. The van der Waals surface area contributed by atoms with Gasteiger partial charge in [-0.15, -0.1) is 0 Å². The van der Waals surface area contributed by atoms with Gasteiger partial charge < -0.3 is 10.4 Å². The third-order valence-corrected chi connectivity index (χ3v) is 3.15. The standard InChI is InChI=1S/C13H29NO/c1-5-7-12(8-9-15)10-14-13(6-2)11(3)4/h11-15H,5-10H2,1-4H3. The van der Waals surface area contributed by atoms with Crippen LogP contribution < -0.4 is 5.32 Å². The number of aliphatic hydroxyl groups is 1. The van der Waals surface area contributed by atoms with Gasteiger partial charge >= 0.3 is 0 Å². The maximum atomic E-state index is 8.97. The molecule has 0 aliphatic heterocycles. The maximum absolute atomic E-state index is 8.97. The highest BCUT2D eigenvalue weighted by Gasteiger charge is 2.13. The molecule has 0 aliphatic rings. The molecule has 0 aromatic carbocycles. The zero-order valence-electron chi connectivity index (χ0n) is 10.9. The van der Waals surface area contributed by atoms with Crippen molar-refractivity contribution in [2.45, 2.75) is 59.4 Å². The highest BCUT2D eigenvalue weighted by molar-refractivity contribution is 4.71. The van der Waals surface area contributed by atoms with Crippen molar-refractivity contribution in [2.75, 3.05) is 13.2 Å². The Morgan fingerprint density at radius 3 is 2.20 bits per heavy atom. The van der Waals surface area contributed by atoms with Crippen LogP contribution in [0.2, 0.25) is 0 Å². The highest BCUT2D eigenvalue weighted by atomic mass is 16.3. The van der Waals surface area contributed by atoms with E-state index in [-0.39, 0.29) is 0 Å². The Bertz CT molecular complexity index is 130. The molecule has 0 bridgehead atoms. The van der Waals surface area contributed by atoms with Crippen molar-refractivity contribution in [3.63, 3.8) is 0 Å². The molecule has 0 heterocycles. The molecular formula is C13H29NO. The van der Waals surface area contributed by atoms with Gasteiger partial charge in [0.1, 0.15) is 0 Å². The summed E-state index contributed by atoms with van der Waals surface area (Å²) in [5.74, 6) is 1.35. The van der Waals surface area contributed by atoms with Gasteiger partial charge in [-0.05, 0) is 37.6 Å². The van der Waals surface area contributed by atoms with Crippen LogP contribution in [0.25, 0.3) is 0 Å². The van der Waals surface area contributed by atoms with Crippen LogP contribution in [-0.4, -0.2) is 24.3 Å². The topological polar surface area (TPSA) is 32.3 Å². The van der Waals surface area contributed by atoms with E-state index in [1.165, 1.54) is 19.3 Å². The molecule has 2 nitrogen and oxygen atoms in total. The molecule has 0 amide bonds. The smallest absolute Gasteiger partial charge is 0.0434 e. The van der Waals surface area contributed by atoms with E-state index < -0.39 is 0 Å². The third-order valence-electron chi connectivity index (χ3n) is 3.15. The summed E-state index contributed by atoms with van der Waals surface area (Å²) in [7, 11) is 0. The van der Waals surface area contributed by atoms with Crippen LogP contribution in [0.3, 0.4) is 0 Å². The van der Waals surface area contributed by atoms with Gasteiger partial charge in [0.2, 0.25) is 0 Å². The highest BCUT2D eigenvalue weighted by Crippen LogP contribution is 2.12. The predicted molar refractivity (Wildman–Crippen MR) is 67.0 cm³/mol. The first-order valence-electron chi connectivity index (χ1n) is 6.49. The minimum atomic E-state index is 0.324. The zero-order chi connectivity index (χ0) is 11.7. The van der Waals surface area contributed by atoms with E-state index >= 15 is 0 Å². The Labute approximate surface area is 95.5 Å². The van der Waals surface area contributed by atoms with Gasteiger partial charge in [-0.2, -0.15) is 0 Å². The van der Waals surface area contributed by atoms with Crippen molar-refractivity contribution in [1.82, 2.24) is 5.32 Å². The fourth-order valence-electron chi connectivity index (χ4n) is 2.11. The van der Waals surface area contributed by atoms with Gasteiger partial charge in [0.05, 0.1) is 0 Å². The van der Waals surface area contributed by atoms with Gasteiger partial charge in [0.25, 0.3) is 0 Å². The van der Waals surface area contributed by atoms with E-state index in [4.69, 9.17) is 5.11 Å². The first-order valence-corrected chi connectivity index (χ1v) is 6.49. The average Bonchev–Trinajstić information content (AvgIpc) is 2.18. The Balaban J connectivity index is 3.84. The molecule has 0 aromatic heterocycles. The lowest BCUT2D eigenvalue weighted by Crippen LogP contribution is -2.36. The predicted octanol–water partition coefficient (Wildman–Crippen LogP) is 2.81. The number of rotatable bonds is 9. The summed E-state index contributed by atoms with van der Waals surface area (Å²) in [6.45, 7) is 10.4. The van der Waals surface area contributed by atoms with Crippen molar-refractivity contribution in [2.24, 2.45) is 11.8 Å². The van der Waals surface area contributed by atoms with Crippen molar-refractivity contribution in [1.29, 1.82) is 0 Å². The number of aliphatic hydroxyl groups excluding tert-OH is 1. The zero-order valence-corrected chi connectivity index (χ0v) is 10.9. The van der Waals surface area contributed by atoms with Crippen molar-refractivity contribution in [3.8, 4) is 0 Å². The van der Waals surface area contributed by atoms with Gasteiger partial charge in [-0.25, -0.2) is 0 Å². The van der Waals surface area contributed by atoms with Gasteiger partial charge in [-0.3, -0.25) is 0 Å². The lowest BCUT2D eigenvalue weighted by Gasteiger charge is -2.24. The van der Waals surface area contributed by atoms with Crippen molar-refractivity contribution >= 4 is 0 Å². The minimum Gasteiger partial charge on any atom is -0.396 e. The maximum Gasteiger partial charge on any atom is 0.0434 e. The van der Waals surface area contributed by atoms with Crippen molar-refractivity contribution < 1.29 is 5.11 Å². The van der Waals surface area contributed by atoms with E-state index in [9.17, 15) is 0 Å². The molecule has 0 rings (SSSR count). The normalized spacial score (nSPS) is 15.6. The summed E-state index contributed by atoms with van der Waals surface area (Å²) < 4.78 is 0. The Kier molecular flexibility index (Phi) is 9.12. The molecule has 92 valence electrons. The van der Waals surface area contributed by atoms with Gasteiger partial charge in [0.15, 0.2) is 0 Å². The molecule has 0 aliphatic carbocycles. The third kappa shape index (κ3) is 6.91. The molecule has 2 atom stereocenters. The lowest BCUT2D eigenvalue weighted by atomic mass is 9.97. The van der Waals surface area contributed by atoms with E-state index in [2.05, 4.69) is 33.0 Å². The van der Waals surface area contributed by atoms with Gasteiger partial charge in [-0.1, -0.05) is 34.1 Å². The molecule has 0 saturated heterocycles. The van der Waals surface area contributed by atoms with E-state index in [0.29, 0.717) is 24.5 Å². The first-order chi connectivity index (χ1) is 7.15. The fourth-order valence-corrected chi connectivity index (χ4v) is 2.11. The van der Waals surface area contributed by atoms with Crippen LogP contribution in [0.5, 0.6) is 0 Å². The molecule has 15 heavy (non-hydrogen) atoms. The Morgan fingerprint density at radius 1 is 1.13 bits per heavy atom. The van der Waals surface area contributed by atoms with E-state index in [1.54, 1.807) is 0 Å². The van der Waals surface area contributed by atoms with Crippen LogP contribution in [0.4, 0.5) is 0 Å². The van der Waals surface area contributed by atoms with Crippen molar-refractivity contribution in [3.05, 3.63) is 0 Å². The minimum absolute atomic E-state index is 0.324. The number of hydrogen-bond donors (Lipinski definition) is 2. The van der Waals surface area contributed by atoms with Crippen LogP contribution in [-0.2, 0) is 0 Å². The summed E-state index contributed by atoms with van der Waals surface area (Å²) in [4.78, 5) is 0. The molecule has 0 radical (unpaired) electrons. The number of nitrogens with one attached hydrogen (secondary N) is 1. The summed E-state index contributed by atoms with van der Waals surface area (Å²) in [5.41, 5.74) is 0. The molecule has 2 heteroatoms. The second kappa shape index (κ2) is 9.17. The van der Waals surface area contributed by atoms with Crippen LogP contribution >= 0.6 is 0 Å². The SMILES string of the molecule is CCCC(CCO)CNC(CC)C(C)C. The van der Waals surface area contributed by atoms with Gasteiger partial charge in [0, 0.05) is 12.6 Å². The quantitative estimate of drug-likeness (QED) is 0.620. The lowest BCUT2D eigenvalue weighted by molar-refractivity contribution is 0.240. The Hall–Kier alpha value is -0.0800. The second-order valence-electron chi connectivity index (χ2n) is 4.83. The first kappa shape index (κ1) is 14.9. The molecule has 0 saturated carbocycles. The largest absolute Gasteiger partial charge is 0.396 e. The monoisotopic (exact) mass is 215 g/mol. The molecular weight excluding hydrogens is 186 g/mol. The molecule has 0 spiro atoms. The summed E-state index contributed by atoms with van der Waals surface area (Å²) in [5, 5.41) is 12.6. The number of hydrogen-bond acceptors (Lipinski definition) is 2. The summed E-state index contributed by atoms with van der Waals surface area (Å²) in [6, 6.07) is 0.628. The van der Waals surface area contributed by atoms with Crippen LogP contribution in [0, 0.1) is 11.8 Å². The van der Waals surface area contributed by atoms with Crippen LogP contribution in [0.15, 0.2) is 0 Å². The summed E-state index contributed by atoms with van der Waals surface area (Å²) in [6.07, 6.45) is 4.57.